The lowest BCUT2D eigenvalue weighted by molar-refractivity contribution is -0.169. The highest BCUT2D eigenvalue weighted by Gasteiger charge is 2.60. The Hall–Kier alpha value is -3.68. The van der Waals surface area contributed by atoms with Crippen molar-refractivity contribution in [1.82, 2.24) is 15.1 Å². The van der Waals surface area contributed by atoms with Crippen LogP contribution in [0, 0.1) is 0 Å². The summed E-state index contributed by atoms with van der Waals surface area (Å²) in [5.41, 5.74) is 2.37. The number of nitrogens with one attached hydrogen (secondary N) is 1. The highest BCUT2D eigenvalue weighted by Crippen LogP contribution is 2.33. The highest BCUT2D eigenvalue weighted by atomic mass is 16.5. The molecule has 0 saturated carbocycles. The molecule has 1 N–H and O–H groups in total. The number of hydrogen-bond donors (Lipinski definition) is 1. The first-order valence-electron chi connectivity index (χ1n) is 10.6. The quantitative estimate of drug-likeness (QED) is 0.548. The van der Waals surface area contributed by atoms with Crippen LogP contribution in [0.5, 0.6) is 0 Å². The van der Waals surface area contributed by atoms with Crippen LogP contribution in [-0.2, 0) is 32.1 Å². The summed E-state index contributed by atoms with van der Waals surface area (Å²) in [6, 6.07) is 15.1. The second kappa shape index (κ2) is 8.82. The van der Waals surface area contributed by atoms with Gasteiger partial charge in [-0.05, 0) is 29.7 Å². The first-order chi connectivity index (χ1) is 15.4. The van der Waals surface area contributed by atoms with Crippen LogP contribution in [0.15, 0.2) is 54.6 Å². The minimum atomic E-state index is -1.12. The molecule has 32 heavy (non-hydrogen) atoms. The number of aryl methyl sites for hydroxylation is 1. The molecule has 8 heteroatoms. The number of esters is 1. The van der Waals surface area contributed by atoms with E-state index in [1.807, 2.05) is 49.4 Å². The van der Waals surface area contributed by atoms with Crippen molar-refractivity contribution >= 4 is 23.7 Å². The Morgan fingerprint density at radius 1 is 1.03 bits per heavy atom. The number of fused-ring (bicyclic) bond motifs is 1. The summed E-state index contributed by atoms with van der Waals surface area (Å²) in [6.07, 6.45) is -0.256. The van der Waals surface area contributed by atoms with Crippen LogP contribution >= 0.6 is 0 Å². The smallest absolute Gasteiger partial charge is 0.350 e. The normalized spacial score (nSPS) is 21.6. The molecular weight excluding hydrogens is 410 g/mol. The van der Waals surface area contributed by atoms with Crippen LogP contribution < -0.4 is 5.32 Å². The van der Waals surface area contributed by atoms with Gasteiger partial charge in [0.05, 0.1) is 6.04 Å². The van der Waals surface area contributed by atoms with E-state index in [-0.39, 0.29) is 25.0 Å². The molecule has 2 aliphatic heterocycles. The third-order valence-corrected chi connectivity index (χ3v) is 5.96. The summed E-state index contributed by atoms with van der Waals surface area (Å²) < 4.78 is 5.39. The molecular formula is C24H25N3O5. The molecule has 2 aromatic rings. The van der Waals surface area contributed by atoms with E-state index in [9.17, 15) is 19.2 Å². The van der Waals surface area contributed by atoms with Gasteiger partial charge in [0.1, 0.15) is 12.6 Å². The first-order valence-corrected chi connectivity index (χ1v) is 10.6. The van der Waals surface area contributed by atoms with E-state index < -0.39 is 30.1 Å². The van der Waals surface area contributed by atoms with Crippen molar-refractivity contribution in [2.45, 2.75) is 45.1 Å². The molecule has 0 bridgehead atoms. The Balaban J connectivity index is 1.44. The van der Waals surface area contributed by atoms with Crippen LogP contribution in [0.3, 0.4) is 0 Å². The van der Waals surface area contributed by atoms with Crippen LogP contribution in [0.1, 0.15) is 35.3 Å². The summed E-state index contributed by atoms with van der Waals surface area (Å²) in [5.74, 6) is -1.78. The Morgan fingerprint density at radius 2 is 1.72 bits per heavy atom. The highest BCUT2D eigenvalue weighted by molar-refractivity contribution is 6.02. The van der Waals surface area contributed by atoms with Crippen molar-refractivity contribution in [3.05, 3.63) is 71.3 Å². The molecule has 8 nitrogen and oxygen atoms in total. The predicted octanol–water partition coefficient (Wildman–Crippen LogP) is 1.49. The van der Waals surface area contributed by atoms with Gasteiger partial charge in [-0.3, -0.25) is 14.4 Å². The predicted molar refractivity (Wildman–Crippen MR) is 115 cm³/mol. The first kappa shape index (κ1) is 21.5. The fourth-order valence-corrected chi connectivity index (χ4v) is 4.13. The fourth-order valence-electron chi connectivity index (χ4n) is 4.13. The fraction of sp³-hybridized carbons (Fsp3) is 0.333. The maximum Gasteiger partial charge on any atom is 0.350 e. The molecule has 2 heterocycles. The molecule has 3 amide bonds. The number of benzene rings is 2. The topological polar surface area (TPSA) is 96.0 Å². The standard InChI is InChI=1S/C24H25N3O5/c1-3-16-9-11-18(12-10-16)21(29)25-20-19-13-26(15(2)28)22(27(19)23(20)30)24(31)32-14-17-7-5-4-6-8-17/h4-12,19-20,22H,3,13-14H2,1-2H3,(H,25,29). The zero-order valence-corrected chi connectivity index (χ0v) is 18.0. The number of amides is 3. The van der Waals surface area contributed by atoms with Gasteiger partial charge in [-0.1, -0.05) is 49.4 Å². The van der Waals surface area contributed by atoms with Gasteiger partial charge in [0.25, 0.3) is 5.91 Å². The van der Waals surface area contributed by atoms with Crippen LogP contribution in [0.2, 0.25) is 0 Å². The molecule has 4 rings (SSSR count). The van der Waals surface area contributed by atoms with Crippen molar-refractivity contribution in [3.63, 3.8) is 0 Å². The third-order valence-electron chi connectivity index (χ3n) is 5.96. The summed E-state index contributed by atoms with van der Waals surface area (Å²) in [5, 5.41) is 2.75. The van der Waals surface area contributed by atoms with E-state index in [0.29, 0.717) is 5.56 Å². The molecule has 3 unspecified atom stereocenters. The van der Waals surface area contributed by atoms with E-state index >= 15 is 0 Å². The van der Waals surface area contributed by atoms with E-state index in [0.717, 1.165) is 17.5 Å². The summed E-state index contributed by atoms with van der Waals surface area (Å²) in [7, 11) is 0. The van der Waals surface area contributed by atoms with Crippen molar-refractivity contribution in [1.29, 1.82) is 0 Å². The zero-order valence-electron chi connectivity index (χ0n) is 18.0. The summed E-state index contributed by atoms with van der Waals surface area (Å²) >= 11 is 0. The summed E-state index contributed by atoms with van der Waals surface area (Å²) in [6.45, 7) is 3.57. The molecule has 3 atom stereocenters. The van der Waals surface area contributed by atoms with Crippen LogP contribution in [-0.4, -0.2) is 58.3 Å². The maximum atomic E-state index is 12.8. The van der Waals surface area contributed by atoms with Crippen molar-refractivity contribution < 1.29 is 23.9 Å². The average Bonchev–Trinajstić information content (AvgIpc) is 3.18. The summed E-state index contributed by atoms with van der Waals surface area (Å²) in [4.78, 5) is 53.0. The van der Waals surface area contributed by atoms with Crippen LogP contribution in [0.25, 0.3) is 0 Å². The van der Waals surface area contributed by atoms with Crippen molar-refractivity contribution in [3.8, 4) is 0 Å². The number of carbonyl (C=O) groups excluding carboxylic acids is 4. The number of β-lactam (4-membered cyclic amide) rings is 1. The lowest BCUT2D eigenvalue weighted by Crippen LogP contribution is -2.71. The number of ether oxygens (including phenoxy) is 1. The van der Waals surface area contributed by atoms with E-state index in [1.165, 1.54) is 16.7 Å². The average molecular weight is 435 g/mol. The third kappa shape index (κ3) is 3.95. The lowest BCUT2D eigenvalue weighted by atomic mass is 9.96. The largest absolute Gasteiger partial charge is 0.458 e. The van der Waals surface area contributed by atoms with Gasteiger partial charge in [0.15, 0.2) is 0 Å². The zero-order chi connectivity index (χ0) is 22.8. The molecule has 2 saturated heterocycles. The Kier molecular flexibility index (Phi) is 5.94. The van der Waals surface area contributed by atoms with Gasteiger partial charge in [0.2, 0.25) is 18.0 Å². The van der Waals surface area contributed by atoms with Gasteiger partial charge in [-0.2, -0.15) is 0 Å². The maximum absolute atomic E-state index is 12.8. The second-order valence-corrected chi connectivity index (χ2v) is 7.95. The number of rotatable bonds is 6. The molecule has 0 aliphatic carbocycles. The minimum Gasteiger partial charge on any atom is -0.458 e. The SMILES string of the molecule is CCc1ccc(C(=O)NC2C(=O)N3C2CN(C(C)=O)C3C(=O)OCc2ccccc2)cc1. The molecule has 166 valence electrons. The van der Waals surface area contributed by atoms with Crippen molar-refractivity contribution in [2.75, 3.05) is 6.54 Å². The lowest BCUT2D eigenvalue weighted by Gasteiger charge is -2.43. The van der Waals surface area contributed by atoms with E-state index in [2.05, 4.69) is 5.32 Å². The van der Waals surface area contributed by atoms with Gasteiger partial charge >= 0.3 is 5.97 Å². The van der Waals surface area contributed by atoms with Gasteiger partial charge < -0.3 is 19.9 Å². The minimum absolute atomic E-state index is 0.0442. The molecule has 2 fully saturated rings. The number of hydrogen-bond acceptors (Lipinski definition) is 5. The Morgan fingerprint density at radius 3 is 2.34 bits per heavy atom. The van der Waals surface area contributed by atoms with Crippen LogP contribution in [0.4, 0.5) is 0 Å². The van der Waals surface area contributed by atoms with Crippen molar-refractivity contribution in [2.24, 2.45) is 0 Å². The van der Waals surface area contributed by atoms with E-state index in [4.69, 9.17) is 4.74 Å². The Bertz CT molecular complexity index is 1040. The molecule has 0 spiro atoms. The number of carbonyl (C=O) groups is 4. The second-order valence-electron chi connectivity index (χ2n) is 7.95. The Labute approximate surface area is 186 Å². The molecule has 0 radical (unpaired) electrons. The van der Waals surface area contributed by atoms with Gasteiger partial charge in [0, 0.05) is 19.0 Å². The van der Waals surface area contributed by atoms with Gasteiger partial charge in [-0.15, -0.1) is 0 Å². The monoisotopic (exact) mass is 435 g/mol. The van der Waals surface area contributed by atoms with Gasteiger partial charge in [-0.25, -0.2) is 4.79 Å². The number of nitrogens with zero attached hydrogens (tertiary/aromatic N) is 2. The molecule has 2 aliphatic rings. The van der Waals surface area contributed by atoms with E-state index in [1.54, 1.807) is 12.1 Å². The molecule has 0 aromatic heterocycles. The molecule has 2 aromatic carbocycles.